The number of aliphatic carboxylic acids is 1. The van der Waals surface area contributed by atoms with Crippen LogP contribution in [0.4, 0.5) is 13.2 Å². The van der Waals surface area contributed by atoms with Crippen LogP contribution in [-0.4, -0.2) is 22.5 Å². The van der Waals surface area contributed by atoms with Crippen LogP contribution >= 0.6 is 0 Å². The number of nitrogens with zero attached hydrogens (tertiary/aromatic N) is 1. The molecule has 0 radical (unpaired) electrons. The summed E-state index contributed by atoms with van der Waals surface area (Å²) in [6.07, 6.45) is -3.15. The Morgan fingerprint density at radius 1 is 1.19 bits per heavy atom. The molecule has 0 spiro atoms. The lowest BCUT2D eigenvalue weighted by atomic mass is 9.83. The van der Waals surface area contributed by atoms with E-state index in [1.165, 1.54) is 12.1 Å². The van der Waals surface area contributed by atoms with Crippen LogP contribution in [0.3, 0.4) is 0 Å². The fourth-order valence-electron chi connectivity index (χ4n) is 4.20. The highest BCUT2D eigenvalue weighted by Gasteiger charge is 2.36. The van der Waals surface area contributed by atoms with Crippen molar-refractivity contribution >= 4 is 5.97 Å². The third-order valence-corrected chi connectivity index (χ3v) is 5.71. The number of carboxylic acid groups (broad SMARTS) is 1. The van der Waals surface area contributed by atoms with Gasteiger partial charge in [-0.05, 0) is 54.5 Å². The summed E-state index contributed by atoms with van der Waals surface area (Å²) in [7, 11) is 0. The highest BCUT2D eigenvalue weighted by Crippen LogP contribution is 2.41. The van der Waals surface area contributed by atoms with Gasteiger partial charge in [0.05, 0.1) is 11.6 Å². The number of hydrogen-bond acceptors (Lipinski definition) is 2. The van der Waals surface area contributed by atoms with Crippen LogP contribution in [-0.2, 0) is 11.0 Å². The molecule has 0 amide bonds. The molecule has 1 fully saturated rings. The maximum absolute atomic E-state index is 13.1. The van der Waals surface area contributed by atoms with E-state index in [2.05, 4.69) is 23.3 Å². The fourth-order valence-corrected chi connectivity index (χ4v) is 4.20. The first kappa shape index (κ1) is 23.6. The van der Waals surface area contributed by atoms with Crippen LogP contribution in [0.5, 0.6) is 0 Å². The second kappa shape index (κ2) is 10.1. The van der Waals surface area contributed by atoms with E-state index in [-0.39, 0.29) is 24.4 Å². The predicted octanol–water partition coefficient (Wildman–Crippen LogP) is 6.25. The number of alkyl halides is 3. The molecule has 2 aromatic rings. The average molecular weight is 441 g/mol. The fraction of sp³-hybridized carbons (Fsp3) is 0.346. The molecular formula is C26H26F3NO2. The third kappa shape index (κ3) is 6.02. The van der Waals surface area contributed by atoms with Crippen LogP contribution < -0.4 is 0 Å². The van der Waals surface area contributed by atoms with E-state index in [1.54, 1.807) is 0 Å². The van der Waals surface area contributed by atoms with Gasteiger partial charge in [0.15, 0.2) is 0 Å². The van der Waals surface area contributed by atoms with Crippen LogP contribution in [0.1, 0.15) is 55.0 Å². The summed E-state index contributed by atoms with van der Waals surface area (Å²) in [6.45, 7) is 6.27. The van der Waals surface area contributed by atoms with Gasteiger partial charge in [-0.15, -0.1) is 0 Å². The Hall–Kier alpha value is -3.04. The minimum absolute atomic E-state index is 0.0401. The normalized spacial score (nSPS) is 20.1. The van der Waals surface area contributed by atoms with Crippen LogP contribution in [0, 0.1) is 17.8 Å². The lowest BCUT2D eigenvalue weighted by Gasteiger charge is -2.42. The highest BCUT2D eigenvalue weighted by molar-refractivity contribution is 5.67. The predicted molar refractivity (Wildman–Crippen MR) is 118 cm³/mol. The number of halogens is 3. The number of allylic oxidation sites excluding steroid dienone is 1. The number of hydrogen-bond donors (Lipinski definition) is 1. The molecule has 6 heteroatoms. The van der Waals surface area contributed by atoms with Crippen LogP contribution in [0.15, 0.2) is 66.7 Å². The number of carboxylic acids is 1. The van der Waals surface area contributed by atoms with Crippen molar-refractivity contribution in [2.45, 2.75) is 44.4 Å². The second-order valence-corrected chi connectivity index (χ2v) is 8.22. The number of piperidine rings is 1. The van der Waals surface area contributed by atoms with E-state index < -0.39 is 17.7 Å². The number of benzene rings is 2. The van der Waals surface area contributed by atoms with Crippen molar-refractivity contribution in [3.63, 3.8) is 0 Å². The molecule has 0 aromatic heterocycles. The van der Waals surface area contributed by atoms with Crippen LogP contribution in [0.25, 0.3) is 0 Å². The zero-order valence-electron chi connectivity index (χ0n) is 17.9. The van der Waals surface area contributed by atoms with Gasteiger partial charge in [0.25, 0.3) is 0 Å². The minimum atomic E-state index is -4.41. The lowest BCUT2D eigenvalue weighted by Crippen LogP contribution is -2.39. The van der Waals surface area contributed by atoms with Gasteiger partial charge in [-0.25, -0.2) is 0 Å². The van der Waals surface area contributed by atoms with E-state index >= 15 is 0 Å². The molecule has 3 rings (SSSR count). The van der Waals surface area contributed by atoms with Gasteiger partial charge in [-0.3, -0.25) is 9.69 Å². The zero-order chi connectivity index (χ0) is 23.3. The molecular weight excluding hydrogens is 415 g/mol. The van der Waals surface area contributed by atoms with Crippen molar-refractivity contribution in [2.75, 3.05) is 6.54 Å². The number of carbonyl (C=O) groups is 1. The molecule has 1 heterocycles. The van der Waals surface area contributed by atoms with Crippen molar-refractivity contribution in [3.8, 4) is 11.8 Å². The molecule has 2 aromatic carbocycles. The Labute approximate surface area is 186 Å². The SMILES string of the molecule is C=C(C)C#CC(c1ccccc1)N1CCC(CC(=O)O)CC1c1ccc(C(F)(F)F)cc1. The highest BCUT2D eigenvalue weighted by atomic mass is 19.4. The Bertz CT molecular complexity index is 1000. The van der Waals surface area contributed by atoms with Gasteiger partial charge in [0.1, 0.15) is 0 Å². The Kier molecular flexibility index (Phi) is 7.42. The minimum Gasteiger partial charge on any atom is -0.481 e. The maximum atomic E-state index is 13.1. The molecule has 0 aliphatic carbocycles. The summed E-state index contributed by atoms with van der Waals surface area (Å²) >= 11 is 0. The Morgan fingerprint density at radius 2 is 1.84 bits per heavy atom. The van der Waals surface area contributed by atoms with Crippen molar-refractivity contribution in [3.05, 3.63) is 83.4 Å². The second-order valence-electron chi connectivity index (χ2n) is 8.22. The standard InChI is InChI=1S/C26H26F3NO2/c1-18(2)8-13-23(20-6-4-3-5-7-20)30-15-14-19(17-25(31)32)16-24(30)21-9-11-22(12-10-21)26(27,28)29/h3-7,9-12,19,23-24H,1,14-17H2,2H3,(H,31,32). The first-order valence-electron chi connectivity index (χ1n) is 10.5. The number of rotatable bonds is 5. The first-order valence-corrected chi connectivity index (χ1v) is 10.5. The lowest BCUT2D eigenvalue weighted by molar-refractivity contribution is -0.139. The van der Waals surface area contributed by atoms with Crippen molar-refractivity contribution in [1.29, 1.82) is 0 Å². The summed E-state index contributed by atoms with van der Waals surface area (Å²) in [5.41, 5.74) is 1.73. The largest absolute Gasteiger partial charge is 0.481 e. The van der Waals surface area contributed by atoms with Crippen LogP contribution in [0.2, 0.25) is 0 Å². The molecule has 0 bridgehead atoms. The summed E-state index contributed by atoms with van der Waals surface area (Å²) in [4.78, 5) is 13.5. The zero-order valence-corrected chi connectivity index (χ0v) is 17.9. The molecule has 1 N–H and O–H groups in total. The monoisotopic (exact) mass is 441 g/mol. The molecule has 3 nitrogen and oxygen atoms in total. The van der Waals surface area contributed by atoms with E-state index in [9.17, 15) is 23.1 Å². The summed E-state index contributed by atoms with van der Waals surface area (Å²) in [6, 6.07) is 14.4. The molecule has 3 unspecified atom stereocenters. The quantitative estimate of drug-likeness (QED) is 0.557. The summed E-state index contributed by atoms with van der Waals surface area (Å²) in [5.74, 6) is 5.41. The average Bonchev–Trinajstić information content (AvgIpc) is 2.74. The van der Waals surface area contributed by atoms with E-state index in [0.29, 0.717) is 19.4 Å². The van der Waals surface area contributed by atoms with Crippen molar-refractivity contribution < 1.29 is 23.1 Å². The molecule has 168 valence electrons. The molecule has 32 heavy (non-hydrogen) atoms. The van der Waals surface area contributed by atoms with Gasteiger partial charge in [0.2, 0.25) is 0 Å². The molecule has 0 saturated carbocycles. The van der Waals surface area contributed by atoms with Gasteiger partial charge >= 0.3 is 12.1 Å². The van der Waals surface area contributed by atoms with Gasteiger partial charge in [0, 0.05) is 19.0 Å². The van der Waals surface area contributed by atoms with Gasteiger partial charge in [-0.2, -0.15) is 13.2 Å². The van der Waals surface area contributed by atoms with Gasteiger partial charge < -0.3 is 5.11 Å². The summed E-state index contributed by atoms with van der Waals surface area (Å²) in [5, 5.41) is 9.28. The maximum Gasteiger partial charge on any atom is 0.416 e. The first-order chi connectivity index (χ1) is 15.1. The van der Waals surface area contributed by atoms with Crippen molar-refractivity contribution in [2.24, 2.45) is 5.92 Å². The van der Waals surface area contributed by atoms with E-state index in [0.717, 1.165) is 28.8 Å². The molecule has 1 saturated heterocycles. The third-order valence-electron chi connectivity index (χ3n) is 5.71. The summed E-state index contributed by atoms with van der Waals surface area (Å²) < 4.78 is 39.2. The Balaban J connectivity index is 2.01. The van der Waals surface area contributed by atoms with Gasteiger partial charge in [-0.1, -0.05) is 60.9 Å². The Morgan fingerprint density at radius 3 is 2.41 bits per heavy atom. The molecule has 1 aliphatic heterocycles. The van der Waals surface area contributed by atoms with E-state index in [4.69, 9.17) is 0 Å². The topological polar surface area (TPSA) is 40.5 Å². The molecule has 3 atom stereocenters. The smallest absolute Gasteiger partial charge is 0.416 e. The van der Waals surface area contributed by atoms with Crippen molar-refractivity contribution in [1.82, 2.24) is 4.90 Å². The number of likely N-dealkylation sites (tertiary alicyclic amines) is 1. The molecule has 1 aliphatic rings. The van der Waals surface area contributed by atoms with E-state index in [1.807, 2.05) is 37.3 Å².